The van der Waals surface area contributed by atoms with E-state index in [1.807, 2.05) is 12.1 Å². The molecule has 0 spiro atoms. The summed E-state index contributed by atoms with van der Waals surface area (Å²) in [5.41, 5.74) is 1.37. The van der Waals surface area contributed by atoms with E-state index >= 15 is 0 Å². The molecule has 2 heteroatoms. The third-order valence-corrected chi connectivity index (χ3v) is 1.70. The Morgan fingerprint density at radius 1 is 1.07 bits per heavy atom. The number of halogens is 1. The van der Waals surface area contributed by atoms with Gasteiger partial charge >= 0.3 is 34.6 Å². The zero-order valence-electron chi connectivity index (χ0n) is 9.68. The molecule has 0 saturated carbocycles. The fraction of sp³-hybridized carbons (Fsp3) is 0.500. The van der Waals surface area contributed by atoms with Gasteiger partial charge < -0.3 is 0 Å². The molecule has 0 N–H and O–H groups in total. The van der Waals surface area contributed by atoms with E-state index in [-0.39, 0.29) is 0 Å². The van der Waals surface area contributed by atoms with Gasteiger partial charge in [-0.3, -0.25) is 0 Å². The van der Waals surface area contributed by atoms with Gasteiger partial charge in [-0.25, -0.2) is 0 Å². The van der Waals surface area contributed by atoms with Crippen LogP contribution in [0.1, 0.15) is 18.9 Å². The molecule has 0 amide bonds. The Kier molecular flexibility index (Phi) is 8.79. The van der Waals surface area contributed by atoms with Crippen LogP contribution in [0.25, 0.3) is 0 Å². The molecule has 0 heterocycles. The number of hydrogen-bond acceptors (Lipinski definition) is 0. The van der Waals surface area contributed by atoms with Gasteiger partial charge in [0.25, 0.3) is 0 Å². The second kappa shape index (κ2) is 8.60. The van der Waals surface area contributed by atoms with E-state index < -0.39 is 19.8 Å². The van der Waals surface area contributed by atoms with Crippen LogP contribution in [-0.2, 0) is 6.42 Å². The molecule has 1 aromatic rings. The van der Waals surface area contributed by atoms with Crippen molar-refractivity contribution in [3.63, 3.8) is 0 Å². The molecule has 1 aromatic carbocycles. The van der Waals surface area contributed by atoms with E-state index in [0.717, 1.165) is 11.4 Å². The van der Waals surface area contributed by atoms with Crippen LogP contribution in [-0.4, -0.2) is 19.8 Å². The van der Waals surface area contributed by atoms with E-state index in [9.17, 15) is 0 Å². The van der Waals surface area contributed by atoms with Crippen molar-refractivity contribution >= 4 is 31.4 Å². The van der Waals surface area contributed by atoms with Gasteiger partial charge in [-0.15, -0.1) is 0 Å². The topological polar surface area (TPSA) is 0 Å². The van der Waals surface area contributed by atoms with E-state index in [1.165, 1.54) is 12.0 Å². The predicted molar refractivity (Wildman–Crippen MR) is 70.2 cm³/mol. The first-order valence-corrected chi connectivity index (χ1v) is 15.6. The summed E-state index contributed by atoms with van der Waals surface area (Å²) in [6.07, 6.45) is 2.35. The zero-order valence-corrected chi connectivity index (χ0v) is 13.7. The zero-order chi connectivity index (χ0) is 11.0. The van der Waals surface area contributed by atoms with Crippen molar-refractivity contribution < 1.29 is 0 Å². The summed E-state index contributed by atoms with van der Waals surface area (Å²) < 4.78 is 0. The fourth-order valence-electron chi connectivity index (χ4n) is 0.940. The molecule has 0 aliphatic heterocycles. The Morgan fingerprint density at radius 3 is 1.86 bits per heavy atom. The summed E-state index contributed by atoms with van der Waals surface area (Å²) in [5, 5.41) is 0.819. The van der Waals surface area contributed by atoms with E-state index in [4.69, 9.17) is 11.6 Å². The van der Waals surface area contributed by atoms with Crippen LogP contribution in [0.3, 0.4) is 0 Å². The quantitative estimate of drug-likeness (QED) is 0.709. The van der Waals surface area contributed by atoms with Crippen molar-refractivity contribution in [2.75, 3.05) is 0 Å². The van der Waals surface area contributed by atoms with Gasteiger partial charge in [0.05, 0.1) is 0 Å². The molecular weight excluding hydrogens is 298 g/mol. The fourth-order valence-corrected chi connectivity index (χ4v) is 1.07. The molecule has 14 heavy (non-hydrogen) atoms. The number of aryl methyl sites for hydroxylation is 1. The summed E-state index contributed by atoms with van der Waals surface area (Å²) >= 11 is 5.08. The molecule has 1 rings (SSSR count). The maximum atomic E-state index is 5.71. The number of hydrogen-bond donors (Lipinski definition) is 0. The molecule has 0 aliphatic rings. The minimum absolute atomic E-state index is 0.637. The van der Waals surface area contributed by atoms with E-state index in [0.29, 0.717) is 0 Å². The van der Waals surface area contributed by atoms with Crippen LogP contribution in [0.15, 0.2) is 24.3 Å². The predicted octanol–water partition coefficient (Wildman–Crippen LogP) is 4.40. The van der Waals surface area contributed by atoms with Gasteiger partial charge in [0.1, 0.15) is 0 Å². The average molecular weight is 319 g/mol. The summed E-state index contributed by atoms with van der Waals surface area (Å²) in [6.45, 7) is 2.18. The number of rotatable bonds is 2. The Labute approximate surface area is 100 Å². The Bertz CT molecular complexity index is 226. The van der Waals surface area contributed by atoms with E-state index in [2.05, 4.69) is 33.9 Å². The third kappa shape index (κ3) is 8.89. The second-order valence-corrected chi connectivity index (χ2v) is 14.4. The molecule has 0 unspecified atom stereocenters. The molecule has 0 radical (unpaired) electrons. The Morgan fingerprint density at radius 2 is 1.50 bits per heavy atom. The van der Waals surface area contributed by atoms with Gasteiger partial charge in [0.2, 0.25) is 0 Å². The van der Waals surface area contributed by atoms with Crippen molar-refractivity contribution in [2.45, 2.75) is 34.6 Å². The summed E-state index contributed by atoms with van der Waals surface area (Å²) in [6, 6.07) is 8.02. The minimum atomic E-state index is -0.637. The monoisotopic (exact) mass is 320 g/mol. The molecule has 80 valence electrons. The van der Waals surface area contributed by atoms with Crippen molar-refractivity contribution in [3.05, 3.63) is 34.9 Å². The molecule has 0 atom stereocenters. The first-order chi connectivity index (χ1) is 6.56. The number of benzene rings is 1. The van der Waals surface area contributed by atoms with E-state index in [1.54, 1.807) is 0 Å². The van der Waals surface area contributed by atoms with Crippen LogP contribution < -0.4 is 0 Å². The summed E-state index contributed by atoms with van der Waals surface area (Å²) in [5.74, 6) is 0. The molecule has 0 nitrogen and oxygen atoms in total. The van der Waals surface area contributed by atoms with Crippen LogP contribution in [0.2, 0.25) is 19.8 Å². The van der Waals surface area contributed by atoms with Crippen molar-refractivity contribution in [2.24, 2.45) is 0 Å². The first-order valence-electron chi connectivity index (χ1n) is 5.30. The average Bonchev–Trinajstić information content (AvgIpc) is 2.08. The molecular formula is C12H21ClSn. The molecule has 0 aromatic heterocycles. The summed E-state index contributed by atoms with van der Waals surface area (Å²) in [4.78, 5) is 7.13. The molecule has 0 bridgehead atoms. The van der Waals surface area contributed by atoms with Crippen molar-refractivity contribution in [1.29, 1.82) is 0 Å². The van der Waals surface area contributed by atoms with Gasteiger partial charge in [-0.2, -0.15) is 0 Å². The van der Waals surface area contributed by atoms with Gasteiger partial charge in [0.15, 0.2) is 0 Å². The maximum absolute atomic E-state index is 5.71. The Hall–Kier alpha value is 0.309. The third-order valence-electron chi connectivity index (χ3n) is 1.45. The molecule has 0 aliphatic carbocycles. The van der Waals surface area contributed by atoms with Crippen LogP contribution in [0.4, 0.5) is 0 Å². The van der Waals surface area contributed by atoms with Crippen LogP contribution in [0, 0.1) is 0 Å². The van der Waals surface area contributed by atoms with Crippen molar-refractivity contribution in [1.82, 2.24) is 0 Å². The van der Waals surface area contributed by atoms with Crippen molar-refractivity contribution in [3.8, 4) is 0 Å². The first kappa shape index (κ1) is 14.3. The van der Waals surface area contributed by atoms with Crippen LogP contribution in [0.5, 0.6) is 0 Å². The normalized spacial score (nSPS) is 9.57. The molecule has 0 saturated heterocycles. The SMILES string of the molecule is CCCc1ccc(Cl)cc1.[CH3][SnH]([CH3])[CH3]. The van der Waals surface area contributed by atoms with Gasteiger partial charge in [0, 0.05) is 5.02 Å². The van der Waals surface area contributed by atoms with Gasteiger partial charge in [-0.1, -0.05) is 37.1 Å². The van der Waals surface area contributed by atoms with Gasteiger partial charge in [-0.05, 0) is 24.1 Å². The standard InChI is InChI=1S/C9H11Cl.3CH3.Sn.H/c1-2-3-8-4-6-9(10)7-5-8;;;;;/h4-7H,2-3H2,1H3;3*1H3;;. The second-order valence-electron chi connectivity index (χ2n) is 4.11. The Balaban J connectivity index is 0.000000364. The summed E-state index contributed by atoms with van der Waals surface area (Å²) in [7, 11) is 0. The van der Waals surface area contributed by atoms with Crippen LogP contribution >= 0.6 is 11.6 Å². The molecule has 0 fully saturated rings.